The van der Waals surface area contributed by atoms with E-state index < -0.39 is 0 Å². The van der Waals surface area contributed by atoms with Crippen molar-refractivity contribution < 1.29 is 9.53 Å². The lowest BCUT2D eigenvalue weighted by Gasteiger charge is -2.12. The number of ketones is 1. The molecule has 2 aliphatic rings. The van der Waals surface area contributed by atoms with E-state index in [9.17, 15) is 4.79 Å². The monoisotopic (exact) mass is 264 g/mol. The molecule has 1 aromatic carbocycles. The van der Waals surface area contributed by atoms with Gasteiger partial charge in [0.1, 0.15) is 13.6 Å². The van der Waals surface area contributed by atoms with Crippen molar-refractivity contribution in [2.24, 2.45) is 0 Å². The molecule has 1 heterocycles. The van der Waals surface area contributed by atoms with Crippen molar-refractivity contribution in [1.82, 2.24) is 0 Å². The van der Waals surface area contributed by atoms with Gasteiger partial charge in [0.05, 0.1) is 6.61 Å². The largest absolute Gasteiger partial charge is 0.493 e. The number of hydrogen-bond donors (Lipinski definition) is 0. The van der Waals surface area contributed by atoms with Gasteiger partial charge < -0.3 is 4.74 Å². The van der Waals surface area contributed by atoms with Gasteiger partial charge in [-0.2, -0.15) is 0 Å². The second-order valence-corrected chi connectivity index (χ2v) is 4.91. The fraction of sp³-hybridized carbons (Fsp3) is 0.364. The molecule has 0 unspecified atom stereocenters. The van der Waals surface area contributed by atoms with Crippen LogP contribution in [0.5, 0.6) is 5.75 Å². The van der Waals surface area contributed by atoms with Crippen LogP contribution in [0.1, 0.15) is 27.9 Å². The summed E-state index contributed by atoms with van der Waals surface area (Å²) < 4.78 is 6.67. The van der Waals surface area contributed by atoms with E-state index in [-0.39, 0.29) is 5.78 Å². The van der Waals surface area contributed by atoms with Crippen molar-refractivity contribution in [1.29, 1.82) is 0 Å². The lowest BCUT2D eigenvalue weighted by molar-refractivity contribution is 0.0994. The van der Waals surface area contributed by atoms with E-state index in [1.807, 2.05) is 0 Å². The predicted octanol–water partition coefficient (Wildman–Crippen LogP) is 0.771. The second-order valence-electron chi connectivity index (χ2n) is 4.12. The van der Waals surface area contributed by atoms with Crippen LogP contribution < -0.4 is 10.2 Å². The van der Waals surface area contributed by atoms with Crippen LogP contribution >= 0.6 is 15.9 Å². The predicted molar refractivity (Wildman–Crippen MR) is 64.2 cm³/mol. The van der Waals surface area contributed by atoms with Gasteiger partial charge in [0, 0.05) is 28.4 Å². The Bertz CT molecular complexity index is 482. The van der Waals surface area contributed by atoms with E-state index in [4.69, 9.17) is 4.74 Å². The van der Waals surface area contributed by atoms with E-state index in [0.29, 0.717) is 13.0 Å². The molecule has 2 nitrogen and oxygen atoms in total. The third kappa shape index (κ3) is 1.14. The number of hydrogen-bond acceptors (Lipinski definition) is 2. The van der Waals surface area contributed by atoms with Crippen LogP contribution in [0.2, 0.25) is 0 Å². The first-order valence-corrected chi connectivity index (χ1v) is 5.99. The van der Waals surface area contributed by atoms with E-state index >= 15 is 0 Å². The number of halogens is 1. The van der Waals surface area contributed by atoms with Gasteiger partial charge in [-0.25, -0.2) is 0 Å². The van der Waals surface area contributed by atoms with Crippen LogP contribution in [0.3, 0.4) is 0 Å². The molecule has 0 saturated heterocycles. The molecular weight excluding hydrogens is 255 g/mol. The summed E-state index contributed by atoms with van der Waals surface area (Å²) in [7, 11) is 2.05. The maximum Gasteiger partial charge on any atom is 0.163 e. The first-order valence-electron chi connectivity index (χ1n) is 5.20. The average Bonchev–Trinajstić information content (AvgIpc) is 2.80. The minimum atomic E-state index is 0.285. The third-order valence-electron chi connectivity index (χ3n) is 3.29. The van der Waals surface area contributed by atoms with Gasteiger partial charge in [-0.3, -0.25) is 4.79 Å². The van der Waals surface area contributed by atoms with Crippen molar-refractivity contribution in [3.63, 3.8) is 0 Å². The molecule has 0 amide bonds. The summed E-state index contributed by atoms with van der Waals surface area (Å²) in [6, 6.07) is 0. The number of fused-ring (bicyclic) bond motifs is 3. The molecule has 0 saturated carbocycles. The minimum Gasteiger partial charge on any atom is -0.493 e. The smallest absolute Gasteiger partial charge is 0.163 e. The Morgan fingerprint density at radius 1 is 1.20 bits per heavy atom. The van der Waals surface area contributed by atoms with Crippen LogP contribution in [0, 0.1) is 0 Å². The topological polar surface area (TPSA) is 26.3 Å². The molecule has 1 aliphatic carbocycles. The number of Topliss-reactive ketones (excluding diaryl/α,β-unsaturated/α-hetero) is 1. The molecule has 0 spiro atoms. The van der Waals surface area contributed by atoms with Crippen LogP contribution in [0.4, 0.5) is 0 Å². The molecule has 0 bridgehead atoms. The van der Waals surface area contributed by atoms with Crippen molar-refractivity contribution in [3.05, 3.63) is 21.2 Å². The molecule has 0 N–H and O–H groups in total. The Morgan fingerprint density at radius 3 is 2.80 bits per heavy atom. The normalized spacial score (nSPS) is 17.5. The summed E-state index contributed by atoms with van der Waals surface area (Å²) in [6.45, 7) is 0.715. The maximum atomic E-state index is 11.8. The molecule has 0 radical (unpaired) electrons. The number of ether oxygens (including phenoxy) is 1. The quantitative estimate of drug-likeness (QED) is 0.648. The first-order chi connectivity index (χ1) is 7.20. The van der Waals surface area contributed by atoms with Gasteiger partial charge in [0.2, 0.25) is 0 Å². The zero-order chi connectivity index (χ0) is 10.6. The fourth-order valence-corrected chi connectivity index (χ4v) is 3.16. The number of carbonyl (C=O) groups is 1. The highest BCUT2D eigenvalue weighted by Gasteiger charge is 2.31. The number of rotatable bonds is 0. The highest BCUT2D eigenvalue weighted by atomic mass is 79.9. The number of carbonyl (C=O) groups excluding carboxylic acids is 1. The van der Waals surface area contributed by atoms with Crippen LogP contribution in [-0.4, -0.2) is 20.2 Å². The van der Waals surface area contributed by atoms with Crippen LogP contribution in [0.25, 0.3) is 0 Å². The Labute approximate surface area is 97.5 Å². The maximum absolute atomic E-state index is 11.8. The Hall–Kier alpha value is -0.765. The minimum absolute atomic E-state index is 0.285. The Kier molecular flexibility index (Phi) is 1.96. The van der Waals surface area contributed by atoms with Crippen LogP contribution in [-0.2, 0) is 12.8 Å². The summed E-state index contributed by atoms with van der Waals surface area (Å²) in [4.78, 5) is 11.8. The van der Waals surface area contributed by atoms with Crippen molar-refractivity contribution >= 4 is 35.0 Å². The van der Waals surface area contributed by atoms with Gasteiger partial charge >= 0.3 is 0 Å². The van der Waals surface area contributed by atoms with E-state index in [1.54, 1.807) is 0 Å². The van der Waals surface area contributed by atoms with Crippen molar-refractivity contribution in [3.8, 4) is 5.75 Å². The highest BCUT2D eigenvalue weighted by Crippen LogP contribution is 2.38. The summed E-state index contributed by atoms with van der Waals surface area (Å²) in [5.41, 5.74) is 4.44. The molecule has 3 rings (SSSR count). The Balaban J connectivity index is 2.39. The molecule has 0 aromatic heterocycles. The molecule has 1 aromatic rings. The number of benzene rings is 1. The van der Waals surface area contributed by atoms with Crippen LogP contribution in [0.15, 0.2) is 4.47 Å². The molecule has 0 fully saturated rings. The first kappa shape index (κ1) is 9.46. The van der Waals surface area contributed by atoms with E-state index in [2.05, 4.69) is 23.8 Å². The van der Waals surface area contributed by atoms with E-state index in [0.717, 1.165) is 39.7 Å². The standard InChI is InChI=1S/C11H10BBrO2/c12-9-10(13)5-1-2-7(14)8(5)6-3-4-15-11(6)9/h1-4,12H2. The molecule has 0 atom stereocenters. The zero-order valence-corrected chi connectivity index (χ0v) is 10.1. The summed E-state index contributed by atoms with van der Waals surface area (Å²) in [6.07, 6.45) is 2.42. The lowest BCUT2D eigenvalue weighted by Crippen LogP contribution is -2.13. The molecular formula is C11H10BBrO2. The molecule has 4 heteroatoms. The van der Waals surface area contributed by atoms with E-state index in [1.165, 1.54) is 5.56 Å². The average molecular weight is 265 g/mol. The van der Waals surface area contributed by atoms with Gasteiger partial charge in [-0.1, -0.05) is 15.9 Å². The summed E-state index contributed by atoms with van der Waals surface area (Å²) in [5, 5.41) is 0. The lowest BCUT2D eigenvalue weighted by atomic mass is 9.87. The SMILES string of the molecule is Bc1c(Br)c2c(c3c1OCC3)C(=O)CC2. The van der Waals surface area contributed by atoms with Gasteiger partial charge in [-0.15, -0.1) is 0 Å². The van der Waals surface area contributed by atoms with Gasteiger partial charge in [0.15, 0.2) is 5.78 Å². The summed E-state index contributed by atoms with van der Waals surface area (Å²) >= 11 is 3.58. The third-order valence-corrected chi connectivity index (χ3v) is 4.37. The fourth-order valence-electron chi connectivity index (χ4n) is 2.58. The highest BCUT2D eigenvalue weighted by molar-refractivity contribution is 9.10. The van der Waals surface area contributed by atoms with Crippen molar-refractivity contribution in [2.75, 3.05) is 6.61 Å². The summed E-state index contributed by atoms with van der Waals surface area (Å²) in [5.74, 6) is 1.23. The molecule has 76 valence electrons. The zero-order valence-electron chi connectivity index (χ0n) is 8.52. The van der Waals surface area contributed by atoms with Gasteiger partial charge in [0.25, 0.3) is 0 Å². The Morgan fingerprint density at radius 2 is 2.00 bits per heavy atom. The second kappa shape index (κ2) is 3.11. The van der Waals surface area contributed by atoms with Gasteiger partial charge in [-0.05, 0) is 17.4 Å². The van der Waals surface area contributed by atoms with Crippen molar-refractivity contribution in [2.45, 2.75) is 19.3 Å². The molecule has 1 aliphatic heterocycles. The molecule has 15 heavy (non-hydrogen) atoms.